The van der Waals surface area contributed by atoms with E-state index >= 15 is 0 Å². The Morgan fingerprint density at radius 3 is 2.46 bits per heavy atom. The first-order chi connectivity index (χ1) is 12.3. The Kier molecular flexibility index (Phi) is 4.72. The number of aromatic amines is 1. The van der Waals surface area contributed by atoms with Gasteiger partial charge < -0.3 is 5.32 Å². The van der Waals surface area contributed by atoms with Gasteiger partial charge in [0.25, 0.3) is 5.91 Å². The van der Waals surface area contributed by atoms with Crippen LogP contribution in [0.5, 0.6) is 0 Å². The number of halogens is 1. The number of carbonyl (C=O) groups is 1. The van der Waals surface area contributed by atoms with Crippen molar-refractivity contribution >= 4 is 27.3 Å². The molecule has 1 amide bonds. The molecule has 0 aliphatic heterocycles. The predicted molar refractivity (Wildman–Crippen MR) is 96.8 cm³/mol. The first-order valence-corrected chi connectivity index (χ1v) is 9.40. The molecule has 0 atom stereocenters. The van der Waals surface area contributed by atoms with Gasteiger partial charge in [-0.1, -0.05) is 6.07 Å². The number of nitrogens with one attached hydrogen (secondary N) is 3. The predicted octanol–water partition coefficient (Wildman–Crippen LogP) is 2.84. The Hall–Kier alpha value is -3.20. The van der Waals surface area contributed by atoms with Crippen molar-refractivity contribution in [3.05, 3.63) is 66.1 Å². The highest BCUT2D eigenvalue weighted by atomic mass is 32.2. The number of hydrogen-bond acceptors (Lipinski definition) is 4. The van der Waals surface area contributed by atoms with E-state index in [0.717, 1.165) is 6.26 Å². The summed E-state index contributed by atoms with van der Waals surface area (Å²) in [5.41, 5.74) is 2.14. The molecular weight excluding hydrogens is 359 g/mol. The molecule has 0 spiro atoms. The Morgan fingerprint density at radius 1 is 1.08 bits per heavy atom. The maximum absolute atomic E-state index is 13.0. The van der Waals surface area contributed by atoms with Crippen LogP contribution in [0.4, 0.5) is 15.8 Å². The summed E-state index contributed by atoms with van der Waals surface area (Å²) in [6.07, 6.45) is 1.04. The van der Waals surface area contributed by atoms with Gasteiger partial charge in [0.05, 0.1) is 17.6 Å². The molecule has 0 bridgehead atoms. The van der Waals surface area contributed by atoms with Crippen LogP contribution in [0.2, 0.25) is 0 Å². The fraction of sp³-hybridized carbons (Fsp3) is 0.0588. The van der Waals surface area contributed by atoms with Gasteiger partial charge in [0.15, 0.2) is 0 Å². The number of sulfonamides is 1. The number of carbonyl (C=O) groups excluding carboxylic acids is 1. The average Bonchev–Trinajstić information content (AvgIpc) is 3.04. The van der Waals surface area contributed by atoms with Crippen LogP contribution in [0.15, 0.2) is 54.6 Å². The van der Waals surface area contributed by atoms with E-state index in [2.05, 4.69) is 20.2 Å². The molecule has 7 nitrogen and oxygen atoms in total. The molecule has 134 valence electrons. The van der Waals surface area contributed by atoms with Gasteiger partial charge >= 0.3 is 0 Å². The van der Waals surface area contributed by atoms with E-state index in [1.165, 1.54) is 18.2 Å². The fourth-order valence-electron chi connectivity index (χ4n) is 2.28. The maximum atomic E-state index is 13.0. The topological polar surface area (TPSA) is 104 Å². The molecule has 3 rings (SSSR count). The highest BCUT2D eigenvalue weighted by Gasteiger charge is 2.12. The first kappa shape index (κ1) is 17.6. The smallest absolute Gasteiger partial charge is 0.273 e. The van der Waals surface area contributed by atoms with E-state index < -0.39 is 15.9 Å². The molecule has 0 saturated carbocycles. The van der Waals surface area contributed by atoms with E-state index in [-0.39, 0.29) is 11.5 Å². The van der Waals surface area contributed by atoms with Gasteiger partial charge in [-0.25, -0.2) is 12.8 Å². The highest BCUT2D eigenvalue weighted by molar-refractivity contribution is 7.92. The van der Waals surface area contributed by atoms with E-state index in [9.17, 15) is 17.6 Å². The van der Waals surface area contributed by atoms with Crippen LogP contribution < -0.4 is 10.0 Å². The Balaban J connectivity index is 1.75. The monoisotopic (exact) mass is 374 g/mol. The number of anilines is 2. The standard InChI is InChI=1S/C17H15FN4O3S/c1-26(24,25)22-14-4-2-3-13(9-14)19-17(23)16-10-15(20-21-16)11-5-7-12(18)8-6-11/h2-10,22H,1H3,(H,19,23)(H,20,21). The van der Waals surface area contributed by atoms with Gasteiger partial charge in [-0.3, -0.25) is 14.6 Å². The van der Waals surface area contributed by atoms with E-state index in [1.54, 1.807) is 36.4 Å². The van der Waals surface area contributed by atoms with Crippen LogP contribution in [-0.2, 0) is 10.0 Å². The van der Waals surface area contributed by atoms with E-state index in [4.69, 9.17) is 0 Å². The summed E-state index contributed by atoms with van der Waals surface area (Å²) < 4.78 is 37.9. The van der Waals surface area contributed by atoms with Crippen molar-refractivity contribution in [1.82, 2.24) is 10.2 Å². The third-order valence-electron chi connectivity index (χ3n) is 3.39. The van der Waals surface area contributed by atoms with Crippen molar-refractivity contribution in [3.63, 3.8) is 0 Å². The number of rotatable bonds is 5. The van der Waals surface area contributed by atoms with Crippen molar-refractivity contribution in [2.75, 3.05) is 16.3 Å². The van der Waals surface area contributed by atoms with Crippen molar-refractivity contribution < 1.29 is 17.6 Å². The third kappa shape index (κ3) is 4.45. The minimum absolute atomic E-state index is 0.214. The van der Waals surface area contributed by atoms with Gasteiger partial charge in [-0.15, -0.1) is 0 Å². The van der Waals surface area contributed by atoms with Crippen LogP contribution in [0.3, 0.4) is 0 Å². The molecule has 1 heterocycles. The minimum Gasteiger partial charge on any atom is -0.321 e. The van der Waals surface area contributed by atoms with Crippen LogP contribution in [0, 0.1) is 5.82 Å². The van der Waals surface area contributed by atoms with Gasteiger partial charge in [-0.05, 0) is 48.5 Å². The Labute approximate surface area is 149 Å². The molecule has 2 aromatic carbocycles. The van der Waals surface area contributed by atoms with Crippen molar-refractivity contribution in [1.29, 1.82) is 0 Å². The summed E-state index contributed by atoms with van der Waals surface area (Å²) in [6, 6.07) is 13.6. The van der Waals surface area contributed by atoms with Gasteiger partial charge in [0.2, 0.25) is 10.0 Å². The molecule has 26 heavy (non-hydrogen) atoms. The summed E-state index contributed by atoms with van der Waals surface area (Å²) in [6.45, 7) is 0. The maximum Gasteiger partial charge on any atom is 0.273 e. The SMILES string of the molecule is CS(=O)(=O)Nc1cccc(NC(=O)c2cc(-c3ccc(F)cc3)n[nH]2)c1. The zero-order chi connectivity index (χ0) is 18.7. The second-order valence-electron chi connectivity index (χ2n) is 5.58. The summed E-state index contributed by atoms with van der Waals surface area (Å²) in [5.74, 6) is -0.799. The lowest BCUT2D eigenvalue weighted by atomic mass is 10.1. The summed E-state index contributed by atoms with van der Waals surface area (Å²) in [7, 11) is -3.41. The molecule has 0 fully saturated rings. The van der Waals surface area contributed by atoms with E-state index in [0.29, 0.717) is 22.6 Å². The summed E-state index contributed by atoms with van der Waals surface area (Å²) >= 11 is 0. The third-order valence-corrected chi connectivity index (χ3v) is 3.99. The number of nitrogens with zero attached hydrogens (tertiary/aromatic N) is 1. The highest BCUT2D eigenvalue weighted by Crippen LogP contribution is 2.20. The van der Waals surface area contributed by atoms with Crippen molar-refractivity contribution in [2.24, 2.45) is 0 Å². The van der Waals surface area contributed by atoms with Crippen molar-refractivity contribution in [3.8, 4) is 11.3 Å². The lowest BCUT2D eigenvalue weighted by Crippen LogP contribution is -2.13. The number of benzene rings is 2. The van der Waals surface area contributed by atoms with Crippen LogP contribution in [0.1, 0.15) is 10.5 Å². The molecule has 3 N–H and O–H groups in total. The lowest BCUT2D eigenvalue weighted by Gasteiger charge is -2.07. The normalized spacial score (nSPS) is 11.2. The second kappa shape index (κ2) is 6.96. The molecule has 9 heteroatoms. The zero-order valence-electron chi connectivity index (χ0n) is 13.7. The largest absolute Gasteiger partial charge is 0.321 e. The van der Waals surface area contributed by atoms with Crippen molar-refractivity contribution in [2.45, 2.75) is 0 Å². The quantitative estimate of drug-likeness (QED) is 0.639. The molecular formula is C17H15FN4O3S. The first-order valence-electron chi connectivity index (χ1n) is 7.51. The van der Waals surface area contributed by atoms with Crippen LogP contribution in [-0.4, -0.2) is 30.8 Å². The Bertz CT molecular complexity index is 1050. The van der Waals surface area contributed by atoms with Crippen LogP contribution >= 0.6 is 0 Å². The zero-order valence-corrected chi connectivity index (χ0v) is 14.5. The van der Waals surface area contributed by atoms with Gasteiger partial charge in [-0.2, -0.15) is 5.10 Å². The molecule has 0 unspecified atom stereocenters. The minimum atomic E-state index is -3.41. The summed E-state index contributed by atoms with van der Waals surface area (Å²) in [5, 5.41) is 9.32. The molecule has 3 aromatic rings. The number of hydrogen-bond donors (Lipinski definition) is 3. The summed E-state index contributed by atoms with van der Waals surface area (Å²) in [4.78, 5) is 12.3. The van der Waals surface area contributed by atoms with E-state index in [1.807, 2.05) is 0 Å². The molecule has 0 aliphatic carbocycles. The molecule has 0 saturated heterocycles. The average molecular weight is 374 g/mol. The number of aromatic nitrogens is 2. The second-order valence-corrected chi connectivity index (χ2v) is 7.33. The molecule has 1 aromatic heterocycles. The van der Waals surface area contributed by atoms with Crippen LogP contribution in [0.25, 0.3) is 11.3 Å². The molecule has 0 aliphatic rings. The fourth-order valence-corrected chi connectivity index (χ4v) is 2.83. The molecule has 0 radical (unpaired) electrons. The Morgan fingerprint density at radius 2 is 1.77 bits per heavy atom. The lowest BCUT2D eigenvalue weighted by molar-refractivity contribution is 0.102. The van der Waals surface area contributed by atoms with Gasteiger partial charge in [0.1, 0.15) is 11.5 Å². The number of amides is 1. The number of H-pyrrole nitrogens is 1. The van der Waals surface area contributed by atoms with Gasteiger partial charge in [0, 0.05) is 11.3 Å².